The molecule has 0 atom stereocenters. The molecule has 3 heteroatoms. The molecule has 0 radical (unpaired) electrons. The highest BCUT2D eigenvalue weighted by Crippen LogP contribution is 2.20. The lowest BCUT2D eigenvalue weighted by Gasteiger charge is -2.32. The van der Waals surface area contributed by atoms with Crippen LogP contribution in [0.4, 0.5) is 0 Å². The molecular weight excluding hydrogens is 236 g/mol. The van der Waals surface area contributed by atoms with Gasteiger partial charge >= 0.3 is 0 Å². The van der Waals surface area contributed by atoms with Gasteiger partial charge in [0, 0.05) is 19.8 Å². The standard InChI is InChI=1S/C15H34N2Si/c1-4-5-6-7-8-9-10-11-14-18(2,3)17-13-12-16-15-17/h16H,4-15H2,1-3H3. The van der Waals surface area contributed by atoms with Gasteiger partial charge in [0.25, 0.3) is 0 Å². The summed E-state index contributed by atoms with van der Waals surface area (Å²) in [4.78, 5) is 0. The lowest BCUT2D eigenvalue weighted by Crippen LogP contribution is -2.47. The first-order valence-electron chi connectivity index (χ1n) is 8.12. The summed E-state index contributed by atoms with van der Waals surface area (Å²) >= 11 is 0. The fourth-order valence-corrected chi connectivity index (χ4v) is 5.56. The van der Waals surface area contributed by atoms with Crippen LogP contribution in [0.3, 0.4) is 0 Å². The number of hydrogen-bond acceptors (Lipinski definition) is 2. The largest absolute Gasteiger partial charge is 0.311 e. The molecule has 108 valence electrons. The van der Waals surface area contributed by atoms with Crippen LogP contribution in [-0.4, -0.2) is 32.6 Å². The molecule has 1 N–H and O–H groups in total. The average molecular weight is 271 g/mol. The maximum Gasteiger partial charge on any atom is 0.123 e. The molecule has 1 fully saturated rings. The summed E-state index contributed by atoms with van der Waals surface area (Å²) in [6.07, 6.45) is 11.6. The Morgan fingerprint density at radius 3 is 2.11 bits per heavy atom. The maximum atomic E-state index is 3.47. The number of hydrogen-bond donors (Lipinski definition) is 1. The van der Waals surface area contributed by atoms with Crippen LogP contribution in [0, 0.1) is 0 Å². The number of nitrogens with one attached hydrogen (secondary N) is 1. The Labute approximate surface area is 116 Å². The van der Waals surface area contributed by atoms with E-state index in [0.29, 0.717) is 0 Å². The van der Waals surface area contributed by atoms with Crippen LogP contribution in [0.2, 0.25) is 19.1 Å². The smallest absolute Gasteiger partial charge is 0.123 e. The minimum Gasteiger partial charge on any atom is -0.311 e. The van der Waals surface area contributed by atoms with Crippen LogP contribution in [0.25, 0.3) is 0 Å². The van der Waals surface area contributed by atoms with Crippen molar-refractivity contribution >= 4 is 8.24 Å². The second-order valence-corrected chi connectivity index (χ2v) is 11.2. The Kier molecular flexibility index (Phi) is 8.19. The molecule has 0 saturated carbocycles. The predicted octanol–water partition coefficient (Wildman–Crippen LogP) is 4.19. The van der Waals surface area contributed by atoms with Crippen molar-refractivity contribution in [2.24, 2.45) is 0 Å². The summed E-state index contributed by atoms with van der Waals surface area (Å²) in [7, 11) is -1.08. The van der Waals surface area contributed by atoms with Crippen LogP contribution in [0.15, 0.2) is 0 Å². The molecule has 0 aromatic rings. The molecule has 1 rings (SSSR count). The maximum absolute atomic E-state index is 3.47. The third kappa shape index (κ3) is 6.35. The van der Waals surface area contributed by atoms with Crippen molar-refractivity contribution in [1.29, 1.82) is 0 Å². The molecule has 0 aliphatic carbocycles. The third-order valence-electron chi connectivity index (χ3n) is 4.36. The minimum absolute atomic E-state index is 1.08. The van der Waals surface area contributed by atoms with Gasteiger partial charge in [0.05, 0.1) is 0 Å². The van der Waals surface area contributed by atoms with Crippen molar-refractivity contribution in [3.63, 3.8) is 0 Å². The van der Waals surface area contributed by atoms with E-state index in [1.54, 1.807) is 0 Å². The van der Waals surface area contributed by atoms with Gasteiger partial charge in [0.15, 0.2) is 0 Å². The molecular formula is C15H34N2Si. The minimum atomic E-state index is -1.08. The van der Waals surface area contributed by atoms with Crippen molar-refractivity contribution in [2.75, 3.05) is 19.8 Å². The topological polar surface area (TPSA) is 15.3 Å². The van der Waals surface area contributed by atoms with Crippen LogP contribution in [0.5, 0.6) is 0 Å². The van der Waals surface area contributed by atoms with Gasteiger partial charge in [-0.2, -0.15) is 0 Å². The van der Waals surface area contributed by atoms with Crippen molar-refractivity contribution < 1.29 is 0 Å². The van der Waals surface area contributed by atoms with E-state index in [1.165, 1.54) is 70.5 Å². The molecule has 1 aliphatic rings. The van der Waals surface area contributed by atoms with Crippen molar-refractivity contribution in [1.82, 2.24) is 9.88 Å². The van der Waals surface area contributed by atoms with E-state index in [1.807, 2.05) is 0 Å². The quantitative estimate of drug-likeness (QED) is 0.473. The number of nitrogens with zero attached hydrogens (tertiary/aromatic N) is 1. The van der Waals surface area contributed by atoms with Gasteiger partial charge in [0.1, 0.15) is 8.24 Å². The summed E-state index contributed by atoms with van der Waals surface area (Å²) in [6, 6.07) is 1.49. The monoisotopic (exact) mass is 270 g/mol. The highest BCUT2D eigenvalue weighted by atomic mass is 28.3. The van der Waals surface area contributed by atoms with Gasteiger partial charge in [-0.25, -0.2) is 0 Å². The summed E-state index contributed by atoms with van der Waals surface area (Å²) in [5.74, 6) is 0. The molecule has 0 unspecified atom stereocenters. The molecule has 2 nitrogen and oxygen atoms in total. The first-order valence-corrected chi connectivity index (χ1v) is 11.3. The summed E-state index contributed by atoms with van der Waals surface area (Å²) in [5.41, 5.74) is 0. The summed E-state index contributed by atoms with van der Waals surface area (Å²) in [5, 5.41) is 3.47. The van der Waals surface area contributed by atoms with E-state index in [4.69, 9.17) is 0 Å². The van der Waals surface area contributed by atoms with Crippen molar-refractivity contribution in [3.05, 3.63) is 0 Å². The van der Waals surface area contributed by atoms with Gasteiger partial charge < -0.3 is 9.88 Å². The molecule has 0 amide bonds. The highest BCUT2D eigenvalue weighted by molar-refractivity contribution is 6.74. The summed E-state index contributed by atoms with van der Waals surface area (Å²) in [6.45, 7) is 11.0. The van der Waals surface area contributed by atoms with E-state index in [-0.39, 0.29) is 0 Å². The molecule has 0 aromatic carbocycles. The lowest BCUT2D eigenvalue weighted by molar-refractivity contribution is 0.503. The van der Waals surface area contributed by atoms with Crippen LogP contribution >= 0.6 is 0 Å². The molecule has 18 heavy (non-hydrogen) atoms. The van der Waals surface area contributed by atoms with E-state index in [2.05, 4.69) is 29.9 Å². The zero-order valence-electron chi connectivity index (χ0n) is 12.9. The first kappa shape index (κ1) is 16.2. The Morgan fingerprint density at radius 1 is 0.944 bits per heavy atom. The lowest BCUT2D eigenvalue weighted by atomic mass is 10.1. The van der Waals surface area contributed by atoms with Gasteiger partial charge in [-0.1, -0.05) is 71.4 Å². The molecule has 0 aromatic heterocycles. The number of rotatable bonds is 10. The van der Waals surface area contributed by atoms with Gasteiger partial charge in [-0.05, 0) is 6.04 Å². The predicted molar refractivity (Wildman–Crippen MR) is 84.5 cm³/mol. The molecule has 1 saturated heterocycles. The van der Waals surface area contributed by atoms with Gasteiger partial charge in [0.2, 0.25) is 0 Å². The second kappa shape index (κ2) is 9.11. The van der Waals surface area contributed by atoms with Gasteiger partial charge in [-0.3, -0.25) is 0 Å². The Bertz CT molecular complexity index is 201. The molecule has 1 aliphatic heterocycles. The second-order valence-electron chi connectivity index (χ2n) is 6.46. The fraction of sp³-hybridized carbons (Fsp3) is 1.00. The van der Waals surface area contributed by atoms with Crippen molar-refractivity contribution in [3.8, 4) is 0 Å². The number of unbranched alkanes of at least 4 members (excludes halogenated alkanes) is 7. The fourth-order valence-electron chi connectivity index (χ4n) is 2.87. The zero-order valence-corrected chi connectivity index (χ0v) is 13.9. The normalized spacial score (nSPS) is 17.5. The highest BCUT2D eigenvalue weighted by Gasteiger charge is 2.30. The SMILES string of the molecule is CCCCCCCCCC[Si](C)(C)N1CCNC1. The molecule has 0 bridgehead atoms. The Morgan fingerprint density at radius 2 is 1.56 bits per heavy atom. The zero-order chi connectivity index (χ0) is 13.3. The van der Waals surface area contributed by atoms with E-state index in [9.17, 15) is 0 Å². The average Bonchev–Trinajstić information content (AvgIpc) is 2.87. The molecule has 0 spiro atoms. The first-order chi connectivity index (χ1) is 8.67. The van der Waals surface area contributed by atoms with Crippen LogP contribution in [0.1, 0.15) is 58.3 Å². The summed E-state index contributed by atoms with van der Waals surface area (Å²) < 4.78 is 2.73. The van der Waals surface area contributed by atoms with Crippen molar-refractivity contribution in [2.45, 2.75) is 77.4 Å². The van der Waals surface area contributed by atoms with Crippen LogP contribution in [-0.2, 0) is 0 Å². The van der Waals surface area contributed by atoms with Gasteiger partial charge in [-0.15, -0.1) is 0 Å². The van der Waals surface area contributed by atoms with E-state index >= 15 is 0 Å². The third-order valence-corrected chi connectivity index (χ3v) is 8.03. The van der Waals surface area contributed by atoms with E-state index < -0.39 is 8.24 Å². The molecule has 1 heterocycles. The van der Waals surface area contributed by atoms with E-state index in [0.717, 1.165) is 6.67 Å². The Balaban J connectivity index is 1.96. The Hall–Kier alpha value is 0.137. The van der Waals surface area contributed by atoms with Crippen LogP contribution < -0.4 is 5.32 Å².